The number of ether oxygens (including phenoxy) is 1. The highest BCUT2D eigenvalue weighted by atomic mass is 35.5. The maximum atomic E-state index is 12.0. The number of hydrogen-bond donors (Lipinski definition) is 2. The molecule has 24 heavy (non-hydrogen) atoms. The Bertz CT molecular complexity index is 560. The van der Waals surface area contributed by atoms with Gasteiger partial charge in [0.25, 0.3) is 5.91 Å². The summed E-state index contributed by atoms with van der Waals surface area (Å²) in [5.74, 6) is 0.146. The van der Waals surface area contributed by atoms with Crippen LogP contribution < -0.4 is 15.8 Å². The molecule has 6 nitrogen and oxygen atoms in total. The quantitative estimate of drug-likeness (QED) is 0.817. The Balaban J connectivity index is 0.00000288. The summed E-state index contributed by atoms with van der Waals surface area (Å²) in [6.07, 6.45) is 2.12. The van der Waals surface area contributed by atoms with Crippen molar-refractivity contribution < 1.29 is 14.3 Å². The average molecular weight is 356 g/mol. The first-order chi connectivity index (χ1) is 11.0. The van der Waals surface area contributed by atoms with Crippen molar-refractivity contribution in [2.45, 2.75) is 32.7 Å². The van der Waals surface area contributed by atoms with Crippen LogP contribution in [0.15, 0.2) is 24.3 Å². The molecule has 0 radical (unpaired) electrons. The maximum absolute atomic E-state index is 12.0. The van der Waals surface area contributed by atoms with E-state index in [1.54, 1.807) is 38.1 Å². The number of anilines is 1. The van der Waals surface area contributed by atoms with E-state index in [0.717, 1.165) is 25.9 Å². The van der Waals surface area contributed by atoms with E-state index < -0.39 is 0 Å². The van der Waals surface area contributed by atoms with Gasteiger partial charge in [-0.2, -0.15) is 0 Å². The third-order valence-corrected chi connectivity index (χ3v) is 4.12. The fraction of sp³-hybridized carbons (Fsp3) is 0.529. The summed E-state index contributed by atoms with van der Waals surface area (Å²) in [5, 5.41) is 2.81. The van der Waals surface area contributed by atoms with Gasteiger partial charge in [-0.15, -0.1) is 12.4 Å². The molecule has 1 aromatic rings. The molecule has 3 N–H and O–H groups in total. The Labute approximate surface area is 149 Å². The highest BCUT2D eigenvalue weighted by molar-refractivity contribution is 5.92. The monoisotopic (exact) mass is 355 g/mol. The van der Waals surface area contributed by atoms with Gasteiger partial charge in [0.05, 0.1) is 5.92 Å². The van der Waals surface area contributed by atoms with Crippen LogP contribution in [0.5, 0.6) is 5.75 Å². The van der Waals surface area contributed by atoms with Gasteiger partial charge in [0.2, 0.25) is 5.91 Å². The molecule has 1 aromatic carbocycles. The topological polar surface area (TPSA) is 84.7 Å². The minimum atomic E-state index is -0.281. The van der Waals surface area contributed by atoms with Crippen LogP contribution in [-0.4, -0.2) is 42.5 Å². The summed E-state index contributed by atoms with van der Waals surface area (Å²) >= 11 is 0. The lowest BCUT2D eigenvalue weighted by atomic mass is 10.0. The minimum Gasteiger partial charge on any atom is -0.484 e. The Morgan fingerprint density at radius 3 is 2.58 bits per heavy atom. The molecule has 2 rings (SSSR count). The van der Waals surface area contributed by atoms with Crippen molar-refractivity contribution in [2.24, 2.45) is 11.7 Å². The number of nitrogens with one attached hydrogen (secondary N) is 1. The van der Waals surface area contributed by atoms with E-state index in [1.165, 1.54) is 0 Å². The summed E-state index contributed by atoms with van der Waals surface area (Å²) in [6, 6.07) is 6.82. The highest BCUT2D eigenvalue weighted by Crippen LogP contribution is 2.19. The average Bonchev–Trinajstić information content (AvgIpc) is 3.06. The van der Waals surface area contributed by atoms with Crippen LogP contribution >= 0.6 is 12.4 Å². The molecular weight excluding hydrogens is 330 g/mol. The standard InChI is InChI=1S/C17H25N3O3.ClH/c1-12(13(2)18)17(22)19-14-6-5-7-15(10-14)23-11-16(21)20-8-3-4-9-20;/h5-7,10,12-13H,3-4,8-9,11,18H2,1-2H3,(H,19,22);1H. The number of carbonyl (C=O) groups is 2. The number of likely N-dealkylation sites (tertiary alicyclic amines) is 1. The predicted molar refractivity (Wildman–Crippen MR) is 96.4 cm³/mol. The van der Waals surface area contributed by atoms with Gasteiger partial charge in [0.1, 0.15) is 5.75 Å². The largest absolute Gasteiger partial charge is 0.484 e. The van der Waals surface area contributed by atoms with Crippen LogP contribution in [0.25, 0.3) is 0 Å². The van der Waals surface area contributed by atoms with Crippen LogP contribution in [0.3, 0.4) is 0 Å². The van der Waals surface area contributed by atoms with E-state index in [0.29, 0.717) is 11.4 Å². The minimum absolute atomic E-state index is 0. The van der Waals surface area contributed by atoms with Crippen molar-refractivity contribution in [3.63, 3.8) is 0 Å². The molecule has 0 spiro atoms. The first-order valence-electron chi connectivity index (χ1n) is 8.04. The van der Waals surface area contributed by atoms with Gasteiger partial charge in [-0.05, 0) is 31.9 Å². The van der Waals surface area contributed by atoms with Gasteiger partial charge >= 0.3 is 0 Å². The molecule has 1 aliphatic heterocycles. The van der Waals surface area contributed by atoms with Gasteiger partial charge in [-0.1, -0.05) is 13.0 Å². The summed E-state index contributed by atoms with van der Waals surface area (Å²) < 4.78 is 5.54. The second-order valence-electron chi connectivity index (χ2n) is 6.04. The first-order valence-corrected chi connectivity index (χ1v) is 8.04. The van der Waals surface area contributed by atoms with E-state index in [4.69, 9.17) is 10.5 Å². The van der Waals surface area contributed by atoms with Crippen molar-refractivity contribution >= 4 is 29.9 Å². The Morgan fingerprint density at radius 1 is 1.29 bits per heavy atom. The number of rotatable bonds is 6. The zero-order valence-corrected chi connectivity index (χ0v) is 15.0. The van der Waals surface area contributed by atoms with E-state index in [2.05, 4.69) is 5.32 Å². The second kappa shape index (κ2) is 9.49. The van der Waals surface area contributed by atoms with Crippen molar-refractivity contribution in [3.8, 4) is 5.75 Å². The van der Waals surface area contributed by atoms with Gasteiger partial charge in [0.15, 0.2) is 6.61 Å². The number of carbonyl (C=O) groups excluding carboxylic acids is 2. The number of amides is 2. The normalized spacial score (nSPS) is 16.0. The lowest BCUT2D eigenvalue weighted by Crippen LogP contribution is -2.34. The summed E-state index contributed by atoms with van der Waals surface area (Å²) in [7, 11) is 0. The zero-order valence-electron chi connectivity index (χ0n) is 14.2. The maximum Gasteiger partial charge on any atom is 0.260 e. The lowest BCUT2D eigenvalue weighted by molar-refractivity contribution is -0.132. The molecule has 134 valence electrons. The van der Waals surface area contributed by atoms with Crippen molar-refractivity contribution in [2.75, 3.05) is 25.0 Å². The van der Waals surface area contributed by atoms with Crippen LogP contribution in [0, 0.1) is 5.92 Å². The Morgan fingerprint density at radius 2 is 1.96 bits per heavy atom. The fourth-order valence-electron chi connectivity index (χ4n) is 2.36. The smallest absolute Gasteiger partial charge is 0.260 e. The summed E-state index contributed by atoms with van der Waals surface area (Å²) in [4.78, 5) is 25.8. The van der Waals surface area contributed by atoms with Crippen molar-refractivity contribution in [1.82, 2.24) is 4.90 Å². The number of benzene rings is 1. The number of halogens is 1. The third-order valence-electron chi connectivity index (χ3n) is 4.12. The van der Waals surface area contributed by atoms with Crippen molar-refractivity contribution in [1.29, 1.82) is 0 Å². The molecular formula is C17H26ClN3O3. The molecule has 1 saturated heterocycles. The zero-order chi connectivity index (χ0) is 16.8. The fourth-order valence-corrected chi connectivity index (χ4v) is 2.36. The van der Waals surface area contributed by atoms with E-state index in [-0.39, 0.29) is 42.8 Å². The molecule has 2 unspecified atom stereocenters. The number of nitrogens with two attached hydrogens (primary N) is 1. The predicted octanol–water partition coefficient (Wildman–Crippen LogP) is 2.03. The molecule has 0 aliphatic carbocycles. The van der Waals surface area contributed by atoms with Crippen LogP contribution in [-0.2, 0) is 9.59 Å². The van der Waals surface area contributed by atoms with Gasteiger partial charge in [0, 0.05) is 30.9 Å². The number of nitrogens with zero attached hydrogens (tertiary/aromatic N) is 1. The Hall–Kier alpha value is -1.79. The molecule has 2 amide bonds. The van der Waals surface area contributed by atoms with E-state index in [1.807, 2.05) is 4.90 Å². The highest BCUT2D eigenvalue weighted by Gasteiger charge is 2.19. The van der Waals surface area contributed by atoms with Crippen LogP contribution in [0.4, 0.5) is 5.69 Å². The number of hydrogen-bond acceptors (Lipinski definition) is 4. The second-order valence-corrected chi connectivity index (χ2v) is 6.04. The molecule has 0 aromatic heterocycles. The van der Waals surface area contributed by atoms with E-state index in [9.17, 15) is 9.59 Å². The summed E-state index contributed by atoms with van der Waals surface area (Å²) in [6.45, 7) is 5.23. The van der Waals surface area contributed by atoms with E-state index >= 15 is 0 Å². The molecule has 2 atom stereocenters. The van der Waals surface area contributed by atoms with Gasteiger partial charge in [-0.3, -0.25) is 9.59 Å². The molecule has 1 heterocycles. The first kappa shape index (κ1) is 20.3. The SMILES string of the molecule is CC(N)C(C)C(=O)Nc1cccc(OCC(=O)N2CCCC2)c1.Cl. The molecule has 1 aliphatic rings. The molecule has 1 fully saturated rings. The van der Waals surface area contributed by atoms with Crippen LogP contribution in [0.1, 0.15) is 26.7 Å². The molecule has 7 heteroatoms. The molecule has 0 bridgehead atoms. The van der Waals surface area contributed by atoms with Crippen molar-refractivity contribution in [3.05, 3.63) is 24.3 Å². The van der Waals surface area contributed by atoms with Crippen LogP contribution in [0.2, 0.25) is 0 Å². The summed E-state index contributed by atoms with van der Waals surface area (Å²) in [5.41, 5.74) is 6.37. The van der Waals surface area contributed by atoms with Gasteiger partial charge in [-0.25, -0.2) is 0 Å². The third kappa shape index (κ3) is 5.69. The van der Waals surface area contributed by atoms with Gasteiger partial charge < -0.3 is 20.7 Å². The Kier molecular flexibility index (Phi) is 8.01. The lowest BCUT2D eigenvalue weighted by Gasteiger charge is -2.17. The molecule has 0 saturated carbocycles.